The molecule has 0 aliphatic rings. The molecule has 144 valence electrons. The van der Waals surface area contributed by atoms with Gasteiger partial charge in [-0.25, -0.2) is 9.97 Å². The average Bonchev–Trinajstić information content (AvgIpc) is 2.70. The van der Waals surface area contributed by atoms with Crippen molar-refractivity contribution in [2.45, 2.75) is 20.3 Å². The van der Waals surface area contributed by atoms with Crippen molar-refractivity contribution in [3.8, 4) is 0 Å². The number of hydrogen-bond donors (Lipinski definition) is 2. The summed E-state index contributed by atoms with van der Waals surface area (Å²) < 4.78 is 0. The Balaban J connectivity index is 1.69. The van der Waals surface area contributed by atoms with Gasteiger partial charge in [-0.2, -0.15) is 0 Å². The highest BCUT2D eigenvalue weighted by molar-refractivity contribution is 6.04. The van der Waals surface area contributed by atoms with Gasteiger partial charge < -0.3 is 15.5 Å². The Morgan fingerprint density at radius 2 is 1.71 bits per heavy atom. The molecule has 6 heteroatoms. The monoisotopic (exact) mass is 375 g/mol. The van der Waals surface area contributed by atoms with Crippen LogP contribution in [0.1, 0.15) is 28.4 Å². The van der Waals surface area contributed by atoms with Gasteiger partial charge in [-0.1, -0.05) is 25.1 Å². The molecule has 6 nitrogen and oxygen atoms in total. The molecule has 1 aromatic heterocycles. The number of aromatic nitrogens is 2. The van der Waals surface area contributed by atoms with Gasteiger partial charge in [0, 0.05) is 43.6 Å². The van der Waals surface area contributed by atoms with Gasteiger partial charge in [-0.05, 0) is 48.7 Å². The molecule has 0 fully saturated rings. The number of nitrogens with one attached hydrogen (secondary N) is 2. The Labute approximate surface area is 165 Å². The van der Waals surface area contributed by atoms with E-state index in [2.05, 4.69) is 33.6 Å². The highest BCUT2D eigenvalue weighted by atomic mass is 16.1. The Kier molecular flexibility index (Phi) is 5.89. The predicted octanol–water partition coefficient (Wildman–Crippen LogP) is 4.41. The Bertz CT molecular complexity index is 950. The van der Waals surface area contributed by atoms with E-state index in [-0.39, 0.29) is 5.91 Å². The number of anilines is 4. The van der Waals surface area contributed by atoms with Crippen LogP contribution in [0.25, 0.3) is 0 Å². The lowest BCUT2D eigenvalue weighted by Gasteiger charge is -2.13. The molecule has 1 heterocycles. The highest BCUT2D eigenvalue weighted by Crippen LogP contribution is 2.23. The lowest BCUT2D eigenvalue weighted by Crippen LogP contribution is -2.13. The number of nitrogens with zero attached hydrogens (tertiary/aromatic N) is 3. The third kappa shape index (κ3) is 4.46. The van der Waals surface area contributed by atoms with Crippen molar-refractivity contribution in [1.29, 1.82) is 0 Å². The maximum Gasteiger partial charge on any atom is 0.258 e. The minimum absolute atomic E-state index is 0.241. The molecule has 3 aromatic rings. The molecule has 0 aliphatic heterocycles. The van der Waals surface area contributed by atoms with Crippen molar-refractivity contribution >= 4 is 28.9 Å². The molecular formula is C22H25N5O. The molecule has 0 radical (unpaired) electrons. The van der Waals surface area contributed by atoms with E-state index in [1.807, 2.05) is 62.3 Å². The zero-order valence-electron chi connectivity index (χ0n) is 16.7. The molecule has 0 aliphatic carbocycles. The fraction of sp³-hybridized carbons (Fsp3) is 0.227. The maximum absolute atomic E-state index is 12.4. The molecular weight excluding hydrogens is 350 g/mol. The van der Waals surface area contributed by atoms with Crippen LogP contribution >= 0.6 is 0 Å². The smallest absolute Gasteiger partial charge is 0.258 e. The van der Waals surface area contributed by atoms with Gasteiger partial charge in [0.2, 0.25) is 5.95 Å². The molecule has 28 heavy (non-hydrogen) atoms. The Hall–Kier alpha value is -3.41. The molecule has 0 bridgehead atoms. The molecule has 0 saturated heterocycles. The van der Waals surface area contributed by atoms with Gasteiger partial charge in [-0.3, -0.25) is 4.79 Å². The Morgan fingerprint density at radius 1 is 1.04 bits per heavy atom. The van der Waals surface area contributed by atoms with E-state index in [0.29, 0.717) is 11.5 Å². The summed E-state index contributed by atoms with van der Waals surface area (Å²) in [5, 5.41) is 6.13. The van der Waals surface area contributed by atoms with Crippen LogP contribution in [0.5, 0.6) is 0 Å². The van der Waals surface area contributed by atoms with E-state index in [4.69, 9.17) is 0 Å². The van der Waals surface area contributed by atoms with Crippen LogP contribution in [-0.2, 0) is 6.42 Å². The molecule has 0 unspecified atom stereocenters. The molecule has 0 atom stereocenters. The maximum atomic E-state index is 12.4. The molecule has 2 N–H and O–H groups in total. The number of benzene rings is 2. The van der Waals surface area contributed by atoms with E-state index in [0.717, 1.165) is 29.0 Å². The quantitative estimate of drug-likeness (QED) is 0.668. The van der Waals surface area contributed by atoms with Crippen LogP contribution in [0.3, 0.4) is 0 Å². The van der Waals surface area contributed by atoms with E-state index in [1.54, 1.807) is 0 Å². The number of aryl methyl sites for hydroxylation is 2. The zero-order valence-corrected chi connectivity index (χ0v) is 16.7. The lowest BCUT2D eigenvalue weighted by atomic mass is 10.1. The SMILES string of the molecule is CCc1cccc(C)c1Nc1ncc(C(=O)Nc2ccc(N(C)C)cc2)cn1. The van der Waals surface area contributed by atoms with Crippen LogP contribution in [0, 0.1) is 6.92 Å². The average molecular weight is 375 g/mol. The largest absolute Gasteiger partial charge is 0.378 e. The normalized spacial score (nSPS) is 10.4. The van der Waals surface area contributed by atoms with E-state index < -0.39 is 0 Å². The van der Waals surface area contributed by atoms with Gasteiger partial charge in [0.1, 0.15) is 0 Å². The number of carbonyl (C=O) groups excluding carboxylic acids is 1. The number of rotatable bonds is 6. The van der Waals surface area contributed by atoms with Crippen LogP contribution in [0.15, 0.2) is 54.9 Å². The van der Waals surface area contributed by atoms with Crippen LogP contribution in [0.4, 0.5) is 23.0 Å². The van der Waals surface area contributed by atoms with Crippen molar-refractivity contribution in [3.05, 3.63) is 71.5 Å². The first-order valence-electron chi connectivity index (χ1n) is 9.24. The summed E-state index contributed by atoms with van der Waals surface area (Å²) in [5.74, 6) is 0.227. The summed E-state index contributed by atoms with van der Waals surface area (Å²) in [6, 6.07) is 13.8. The van der Waals surface area contributed by atoms with Crippen molar-refractivity contribution in [2.75, 3.05) is 29.6 Å². The number of carbonyl (C=O) groups is 1. The van der Waals surface area contributed by atoms with Gasteiger partial charge >= 0.3 is 0 Å². The summed E-state index contributed by atoms with van der Waals surface area (Å²) >= 11 is 0. The summed E-state index contributed by atoms with van der Waals surface area (Å²) in [4.78, 5) is 23.0. The zero-order chi connectivity index (χ0) is 20.1. The van der Waals surface area contributed by atoms with E-state index >= 15 is 0 Å². The molecule has 2 aromatic carbocycles. The van der Waals surface area contributed by atoms with Crippen molar-refractivity contribution in [2.24, 2.45) is 0 Å². The predicted molar refractivity (Wildman–Crippen MR) is 115 cm³/mol. The third-order valence-corrected chi connectivity index (χ3v) is 4.53. The lowest BCUT2D eigenvalue weighted by molar-refractivity contribution is 0.102. The molecule has 1 amide bonds. The number of para-hydroxylation sites is 1. The first-order chi connectivity index (χ1) is 13.5. The molecule has 3 rings (SSSR count). The summed E-state index contributed by atoms with van der Waals surface area (Å²) in [6.45, 7) is 4.16. The first kappa shape index (κ1) is 19.4. The molecule has 0 spiro atoms. The fourth-order valence-corrected chi connectivity index (χ4v) is 2.87. The van der Waals surface area contributed by atoms with Crippen LogP contribution < -0.4 is 15.5 Å². The third-order valence-electron chi connectivity index (χ3n) is 4.53. The van der Waals surface area contributed by atoms with Gasteiger partial charge in [-0.15, -0.1) is 0 Å². The van der Waals surface area contributed by atoms with E-state index in [1.165, 1.54) is 18.0 Å². The van der Waals surface area contributed by atoms with Crippen LogP contribution in [0.2, 0.25) is 0 Å². The van der Waals surface area contributed by atoms with Gasteiger partial charge in [0.05, 0.1) is 5.56 Å². The summed E-state index contributed by atoms with van der Waals surface area (Å²) in [7, 11) is 3.95. The first-order valence-corrected chi connectivity index (χ1v) is 9.24. The minimum Gasteiger partial charge on any atom is -0.378 e. The number of amides is 1. The Morgan fingerprint density at radius 3 is 2.32 bits per heavy atom. The minimum atomic E-state index is -0.241. The topological polar surface area (TPSA) is 70.2 Å². The summed E-state index contributed by atoms with van der Waals surface area (Å²) in [5.41, 5.74) is 5.55. The second kappa shape index (κ2) is 8.52. The van der Waals surface area contributed by atoms with Crippen molar-refractivity contribution < 1.29 is 4.79 Å². The standard InChI is InChI=1S/C22H25N5O/c1-5-16-8-6-7-15(2)20(16)26-22-23-13-17(14-24-22)21(28)25-18-9-11-19(12-10-18)27(3)4/h6-14H,5H2,1-4H3,(H,25,28)(H,23,24,26). The van der Waals surface area contributed by atoms with Crippen molar-refractivity contribution in [3.63, 3.8) is 0 Å². The number of hydrogen-bond acceptors (Lipinski definition) is 5. The second-order valence-corrected chi connectivity index (χ2v) is 6.78. The van der Waals surface area contributed by atoms with Crippen molar-refractivity contribution in [1.82, 2.24) is 9.97 Å². The van der Waals surface area contributed by atoms with E-state index in [9.17, 15) is 4.79 Å². The van der Waals surface area contributed by atoms with Gasteiger partial charge in [0.15, 0.2) is 0 Å². The van der Waals surface area contributed by atoms with Gasteiger partial charge in [0.25, 0.3) is 5.91 Å². The van der Waals surface area contributed by atoms with Crippen LogP contribution in [-0.4, -0.2) is 30.0 Å². The highest BCUT2D eigenvalue weighted by Gasteiger charge is 2.10. The second-order valence-electron chi connectivity index (χ2n) is 6.78. The fourth-order valence-electron chi connectivity index (χ4n) is 2.87. The molecule has 0 saturated carbocycles. The summed E-state index contributed by atoms with van der Waals surface area (Å²) in [6.07, 6.45) is 3.97.